The fourth-order valence-electron chi connectivity index (χ4n) is 7.09. The number of hydrogen-bond donors (Lipinski definition) is 0. The lowest BCUT2D eigenvalue weighted by Crippen LogP contribution is -2.39. The lowest BCUT2D eigenvalue weighted by atomic mass is 9.77. The summed E-state index contributed by atoms with van der Waals surface area (Å²) in [5.74, 6) is 2.06. The zero-order chi connectivity index (χ0) is 36.4. The molecule has 8 aromatic rings. The Balaban J connectivity index is 1.22. The lowest BCUT2D eigenvalue weighted by Gasteiger charge is -2.34. The molecular formula is C43H34BrIN6O2. The molecule has 5 aromatic carbocycles. The van der Waals surface area contributed by atoms with E-state index < -0.39 is 5.54 Å². The molecule has 0 aliphatic carbocycles. The highest BCUT2D eigenvalue weighted by Gasteiger charge is 2.41. The number of imidazole rings is 1. The summed E-state index contributed by atoms with van der Waals surface area (Å²) in [5.41, 5.74) is 6.12. The molecule has 10 heteroatoms. The molecule has 0 bridgehead atoms. The van der Waals surface area contributed by atoms with E-state index in [1.165, 1.54) is 0 Å². The van der Waals surface area contributed by atoms with Crippen molar-refractivity contribution < 1.29 is 9.21 Å². The van der Waals surface area contributed by atoms with Crippen LogP contribution in [0.5, 0.6) is 0 Å². The average Bonchev–Trinajstić information content (AvgIpc) is 3.91. The Hall–Kier alpha value is -5.20. The molecule has 0 radical (unpaired) electrons. The first kappa shape index (κ1) is 34.9. The quantitative estimate of drug-likeness (QED) is 0.0690. The van der Waals surface area contributed by atoms with E-state index in [0.29, 0.717) is 23.8 Å². The summed E-state index contributed by atoms with van der Waals surface area (Å²) in [4.78, 5) is 18.5. The maximum absolute atomic E-state index is 12.1. The predicted molar refractivity (Wildman–Crippen MR) is 219 cm³/mol. The van der Waals surface area contributed by atoms with E-state index in [1.54, 1.807) is 4.80 Å². The molecule has 0 saturated heterocycles. The maximum atomic E-state index is 12.1. The minimum absolute atomic E-state index is 0.469. The summed E-state index contributed by atoms with van der Waals surface area (Å²) in [6.45, 7) is 2.69. The van der Waals surface area contributed by atoms with Crippen LogP contribution in [0.3, 0.4) is 0 Å². The van der Waals surface area contributed by atoms with Crippen LogP contribution in [0, 0.1) is 3.70 Å². The average molecular weight is 874 g/mol. The van der Waals surface area contributed by atoms with Gasteiger partial charge in [-0.1, -0.05) is 135 Å². The Morgan fingerprint density at radius 3 is 2.02 bits per heavy atom. The topological polar surface area (TPSA) is 91.6 Å². The zero-order valence-corrected chi connectivity index (χ0v) is 32.6. The second-order valence-electron chi connectivity index (χ2n) is 12.8. The van der Waals surface area contributed by atoms with Crippen molar-refractivity contribution in [1.29, 1.82) is 0 Å². The number of tetrazole rings is 1. The molecule has 0 fully saturated rings. The van der Waals surface area contributed by atoms with Gasteiger partial charge in [0, 0.05) is 29.5 Å². The first-order chi connectivity index (χ1) is 26.0. The van der Waals surface area contributed by atoms with Gasteiger partial charge in [-0.15, -0.1) is 15.0 Å². The summed E-state index contributed by atoms with van der Waals surface area (Å²) in [7, 11) is 0. The molecular weight excluding hydrogens is 839 g/mol. The van der Waals surface area contributed by atoms with E-state index >= 15 is 0 Å². The van der Waals surface area contributed by atoms with E-state index in [2.05, 4.69) is 87.9 Å². The number of aromatic nitrogens is 6. The van der Waals surface area contributed by atoms with Crippen LogP contribution in [-0.4, -0.2) is 36.0 Å². The van der Waals surface area contributed by atoms with Crippen LogP contribution in [0.25, 0.3) is 33.7 Å². The summed E-state index contributed by atoms with van der Waals surface area (Å²) in [6.07, 6.45) is 3.78. The third-order valence-electron chi connectivity index (χ3n) is 9.64. The highest BCUT2D eigenvalue weighted by molar-refractivity contribution is 14.1. The first-order valence-corrected chi connectivity index (χ1v) is 19.4. The Morgan fingerprint density at radius 2 is 1.42 bits per heavy atom. The summed E-state index contributed by atoms with van der Waals surface area (Å²) in [6, 6.07) is 45.0. The number of aldehydes is 1. The number of carbonyl (C=O) groups is 1. The van der Waals surface area contributed by atoms with Crippen LogP contribution in [0.15, 0.2) is 142 Å². The van der Waals surface area contributed by atoms with Gasteiger partial charge < -0.3 is 8.98 Å². The zero-order valence-electron chi connectivity index (χ0n) is 28.9. The van der Waals surface area contributed by atoms with Crippen LogP contribution < -0.4 is 0 Å². The molecule has 0 spiro atoms. The van der Waals surface area contributed by atoms with Gasteiger partial charge in [0.15, 0.2) is 11.8 Å². The van der Waals surface area contributed by atoms with Gasteiger partial charge in [0.2, 0.25) is 5.82 Å². The van der Waals surface area contributed by atoms with Gasteiger partial charge in [-0.05, 0) is 84.5 Å². The summed E-state index contributed by atoms with van der Waals surface area (Å²) >= 11 is 6.04. The number of fused-ring (bicyclic) bond motifs is 1. The third kappa shape index (κ3) is 6.33. The number of aryl methyl sites for hydroxylation is 1. The molecule has 0 aliphatic heterocycles. The largest absolute Gasteiger partial charge is 0.455 e. The second-order valence-corrected chi connectivity index (χ2v) is 14.7. The molecule has 53 heavy (non-hydrogen) atoms. The molecule has 8 rings (SSSR count). The van der Waals surface area contributed by atoms with Gasteiger partial charge >= 0.3 is 0 Å². The molecule has 3 aromatic heterocycles. The number of furan rings is 1. The van der Waals surface area contributed by atoms with Crippen molar-refractivity contribution in [1.82, 2.24) is 29.8 Å². The van der Waals surface area contributed by atoms with Crippen LogP contribution in [-0.2, 0) is 18.5 Å². The molecule has 0 N–H and O–H groups in total. The number of halogens is 2. The van der Waals surface area contributed by atoms with E-state index in [-0.39, 0.29) is 0 Å². The van der Waals surface area contributed by atoms with Crippen LogP contribution in [0.2, 0.25) is 0 Å². The van der Waals surface area contributed by atoms with Gasteiger partial charge in [0.25, 0.3) is 0 Å². The van der Waals surface area contributed by atoms with Crippen molar-refractivity contribution in [2.24, 2.45) is 0 Å². The van der Waals surface area contributed by atoms with Gasteiger partial charge in [0.05, 0.1) is 4.47 Å². The maximum Gasteiger partial charge on any atom is 0.205 e. The second kappa shape index (κ2) is 15.0. The van der Waals surface area contributed by atoms with Crippen LogP contribution in [0.1, 0.15) is 58.3 Å². The molecule has 262 valence electrons. The van der Waals surface area contributed by atoms with E-state index in [9.17, 15) is 4.79 Å². The molecule has 0 amide bonds. The highest BCUT2D eigenvalue weighted by atomic mass is 127. The van der Waals surface area contributed by atoms with Gasteiger partial charge in [-0.2, -0.15) is 0 Å². The van der Waals surface area contributed by atoms with Gasteiger partial charge in [0.1, 0.15) is 26.6 Å². The lowest BCUT2D eigenvalue weighted by molar-refractivity contribution is 0.111. The number of hydrogen-bond acceptors (Lipinski definition) is 6. The summed E-state index contributed by atoms with van der Waals surface area (Å²) < 4.78 is 10.1. The monoisotopic (exact) mass is 872 g/mol. The molecule has 0 atom stereocenters. The SMILES string of the molecule is CCCCc1nc(I)c(C=O)n1Cc1ccc2oc(-c3ccccc3-c3nnn(C(c4ccccc4)(c4ccccc4)c4ccccc4)n3)c(Br)c2c1. The number of rotatable bonds is 12. The Kier molecular flexibility index (Phi) is 9.89. The minimum atomic E-state index is -0.895. The molecule has 3 heterocycles. The number of unbranched alkanes of at least 4 members (excludes halogenated alkanes) is 1. The van der Waals surface area contributed by atoms with Gasteiger partial charge in [-0.25, -0.2) is 4.98 Å². The van der Waals surface area contributed by atoms with Crippen molar-refractivity contribution >= 4 is 55.8 Å². The molecule has 8 nitrogen and oxygen atoms in total. The van der Waals surface area contributed by atoms with Crippen molar-refractivity contribution in [2.75, 3.05) is 0 Å². The summed E-state index contributed by atoms with van der Waals surface area (Å²) in [5, 5.41) is 15.6. The smallest absolute Gasteiger partial charge is 0.205 e. The van der Waals surface area contributed by atoms with Crippen LogP contribution in [0.4, 0.5) is 0 Å². The van der Waals surface area contributed by atoms with E-state index in [1.807, 2.05) is 95.6 Å². The Bertz CT molecular complexity index is 2430. The number of benzene rings is 5. The molecule has 0 aliphatic rings. The highest BCUT2D eigenvalue weighted by Crippen LogP contribution is 2.43. The van der Waals surface area contributed by atoms with E-state index in [4.69, 9.17) is 24.8 Å². The van der Waals surface area contributed by atoms with E-state index in [0.717, 1.165) is 83.9 Å². The van der Waals surface area contributed by atoms with Crippen LogP contribution >= 0.6 is 38.5 Å². The van der Waals surface area contributed by atoms with Crippen molar-refractivity contribution in [2.45, 2.75) is 38.3 Å². The van der Waals surface area contributed by atoms with Crippen molar-refractivity contribution in [3.8, 4) is 22.7 Å². The van der Waals surface area contributed by atoms with Crippen molar-refractivity contribution in [3.05, 3.63) is 175 Å². The molecule has 0 unspecified atom stereocenters. The molecule has 0 saturated carbocycles. The third-order valence-corrected chi connectivity index (χ3v) is 11.2. The number of nitrogens with zero attached hydrogens (tertiary/aromatic N) is 6. The minimum Gasteiger partial charge on any atom is -0.455 e. The predicted octanol–water partition coefficient (Wildman–Crippen LogP) is 10.4. The number of carbonyl (C=O) groups excluding carboxylic acids is 1. The van der Waals surface area contributed by atoms with Crippen molar-refractivity contribution in [3.63, 3.8) is 0 Å². The first-order valence-electron chi connectivity index (χ1n) is 17.5. The Morgan fingerprint density at radius 1 is 0.811 bits per heavy atom. The van der Waals surface area contributed by atoms with Gasteiger partial charge in [-0.3, -0.25) is 4.79 Å². The standard InChI is InChI=1S/C43H34BrIN6O2/c1-2-3-23-38-46-41(45)36(28-52)50(38)27-29-24-25-37-35(26-29)39(44)40(53-37)33-21-13-14-22-34(33)42-47-49-51(48-42)43(30-15-7-4-8-16-30,31-17-9-5-10-18-31)32-19-11-6-12-20-32/h4-22,24-26,28H,2-3,23,27H2,1H3. The Labute approximate surface area is 329 Å². The fraction of sp³-hybridized carbons (Fsp3) is 0.140. The fourth-order valence-corrected chi connectivity index (χ4v) is 8.39. The normalized spacial score (nSPS) is 11.7.